The predicted molar refractivity (Wildman–Crippen MR) is 229 cm³/mol. The number of nitrogens with zero attached hydrogens (tertiary/aromatic N) is 2. The van der Waals surface area contributed by atoms with Gasteiger partial charge in [-0.1, -0.05) is 149 Å². The van der Waals surface area contributed by atoms with Gasteiger partial charge in [-0.2, -0.15) is 0 Å². The molecule has 0 aromatic heterocycles. The summed E-state index contributed by atoms with van der Waals surface area (Å²) in [7, 11) is 0. The predicted octanol–water partition coefficient (Wildman–Crippen LogP) is 14.5. The van der Waals surface area contributed by atoms with Crippen LogP contribution in [-0.2, 0) is 10.8 Å². The molecular weight excluding hydrogens is 669 g/mol. The first kappa shape index (κ1) is 31.9. The van der Waals surface area contributed by atoms with Crippen LogP contribution >= 0.6 is 0 Å². The van der Waals surface area contributed by atoms with Gasteiger partial charge in [-0.3, -0.25) is 0 Å². The quantitative estimate of drug-likeness (QED) is 0.181. The summed E-state index contributed by atoms with van der Waals surface area (Å²) in [6.07, 6.45) is 0. The van der Waals surface area contributed by atoms with E-state index in [9.17, 15) is 0 Å². The fourth-order valence-electron chi connectivity index (χ4n) is 9.60. The molecule has 1 aliphatic carbocycles. The van der Waals surface area contributed by atoms with Crippen LogP contribution in [0.25, 0.3) is 33.0 Å². The second kappa shape index (κ2) is 11.5. The lowest BCUT2D eigenvalue weighted by Gasteiger charge is -2.45. The Morgan fingerprint density at radius 1 is 0.436 bits per heavy atom. The Morgan fingerprint density at radius 3 is 1.98 bits per heavy atom. The maximum Gasteiger partial charge on any atom is 0.153 e. The topological polar surface area (TPSA) is 15.7 Å². The molecule has 0 radical (unpaired) electrons. The number of benzene rings is 8. The number of para-hydroxylation sites is 1. The number of hydrogen-bond donors (Lipinski definition) is 0. The van der Waals surface area contributed by atoms with E-state index in [2.05, 4.69) is 207 Å². The van der Waals surface area contributed by atoms with Gasteiger partial charge in [0, 0.05) is 33.7 Å². The van der Waals surface area contributed by atoms with Crippen LogP contribution in [0.4, 0.5) is 34.1 Å². The van der Waals surface area contributed by atoms with Crippen LogP contribution in [-0.4, -0.2) is 0 Å². The van der Waals surface area contributed by atoms with E-state index >= 15 is 0 Å². The van der Waals surface area contributed by atoms with Gasteiger partial charge >= 0.3 is 0 Å². The Bertz CT molecular complexity index is 2870. The normalized spacial score (nSPS) is 14.9. The fraction of sp³-hybridized carbons (Fsp3) is 0.115. The monoisotopic (exact) mass is 708 g/mol. The summed E-state index contributed by atoms with van der Waals surface area (Å²) < 4.78 is 7.08. The molecule has 2 aliphatic heterocycles. The van der Waals surface area contributed by atoms with Gasteiger partial charge in [0.05, 0.1) is 22.7 Å². The summed E-state index contributed by atoms with van der Waals surface area (Å²) >= 11 is 0. The molecule has 8 aromatic carbocycles. The third kappa shape index (κ3) is 4.56. The molecule has 0 atom stereocenters. The Balaban J connectivity index is 1.17. The third-order valence-corrected chi connectivity index (χ3v) is 12.4. The molecule has 0 bridgehead atoms. The number of ether oxygens (including phenoxy) is 1. The smallest absolute Gasteiger partial charge is 0.153 e. The second-order valence-electron chi connectivity index (χ2n) is 16.2. The molecule has 0 amide bonds. The van der Waals surface area contributed by atoms with Gasteiger partial charge in [0.2, 0.25) is 0 Å². The average molecular weight is 709 g/mol. The standard InChI is InChI=1S/C52H40N2O/c1-51(2)42-22-11-10-21-40(42)41-27-26-37(30-44(41)51)53(36-19-14-18-35(29-36)33-15-6-5-7-16-33)38-31-45-50-48(32-38)55-47-28-25-34-17-8-9-20-39(34)49(47)54(50)46-24-13-12-23-43(46)52(45,3)4/h5-32H,1-4H3. The van der Waals surface area contributed by atoms with Crippen molar-refractivity contribution in [3.05, 3.63) is 192 Å². The minimum Gasteiger partial charge on any atom is -0.453 e. The molecule has 0 unspecified atom stereocenters. The first-order valence-corrected chi connectivity index (χ1v) is 19.3. The van der Waals surface area contributed by atoms with E-state index < -0.39 is 0 Å². The Kier molecular flexibility index (Phi) is 6.65. The molecule has 0 fully saturated rings. The van der Waals surface area contributed by atoms with Crippen molar-refractivity contribution in [3.63, 3.8) is 0 Å². The molecule has 8 aromatic rings. The molecule has 3 nitrogen and oxygen atoms in total. The maximum atomic E-state index is 7.08. The summed E-state index contributed by atoms with van der Waals surface area (Å²) in [5, 5.41) is 2.37. The molecule has 2 heterocycles. The van der Waals surface area contributed by atoms with Crippen LogP contribution < -0.4 is 14.5 Å². The van der Waals surface area contributed by atoms with Crippen molar-refractivity contribution in [1.29, 1.82) is 0 Å². The lowest BCUT2D eigenvalue weighted by atomic mass is 9.72. The zero-order valence-corrected chi connectivity index (χ0v) is 31.5. The van der Waals surface area contributed by atoms with Crippen LogP contribution in [0.3, 0.4) is 0 Å². The van der Waals surface area contributed by atoms with Crippen molar-refractivity contribution in [2.75, 3.05) is 9.80 Å². The van der Waals surface area contributed by atoms with E-state index in [0.29, 0.717) is 0 Å². The van der Waals surface area contributed by atoms with E-state index in [4.69, 9.17) is 4.74 Å². The van der Waals surface area contributed by atoms with E-state index in [0.717, 1.165) is 39.9 Å². The van der Waals surface area contributed by atoms with Crippen molar-refractivity contribution in [2.24, 2.45) is 0 Å². The Hall–Kier alpha value is -6.58. The van der Waals surface area contributed by atoms with E-state index in [-0.39, 0.29) is 10.8 Å². The van der Waals surface area contributed by atoms with Gasteiger partial charge < -0.3 is 14.5 Å². The molecule has 3 heteroatoms. The van der Waals surface area contributed by atoms with Crippen LogP contribution in [0, 0.1) is 0 Å². The number of anilines is 6. The van der Waals surface area contributed by atoms with Crippen LogP contribution in [0.15, 0.2) is 170 Å². The third-order valence-electron chi connectivity index (χ3n) is 12.4. The van der Waals surface area contributed by atoms with Crippen molar-refractivity contribution >= 4 is 44.9 Å². The molecule has 11 rings (SSSR count). The van der Waals surface area contributed by atoms with Crippen molar-refractivity contribution in [1.82, 2.24) is 0 Å². The van der Waals surface area contributed by atoms with E-state index in [1.165, 1.54) is 61.0 Å². The molecule has 264 valence electrons. The van der Waals surface area contributed by atoms with E-state index in [1.807, 2.05) is 0 Å². The SMILES string of the molecule is CC1(C)c2ccccc2-c2ccc(N(c3cccc(-c4ccccc4)c3)c3cc4c5c(c3)C(C)(C)c3ccccc3N5c3c(ccc5ccccc35)O4)cc21. The highest BCUT2D eigenvalue weighted by molar-refractivity contribution is 6.06. The minimum atomic E-state index is -0.308. The second-order valence-corrected chi connectivity index (χ2v) is 16.2. The molecule has 0 N–H and O–H groups in total. The molecule has 3 aliphatic rings. The lowest BCUT2D eigenvalue weighted by Crippen LogP contribution is -2.32. The fourth-order valence-corrected chi connectivity index (χ4v) is 9.60. The highest BCUT2D eigenvalue weighted by Crippen LogP contribution is 2.62. The molecule has 55 heavy (non-hydrogen) atoms. The largest absolute Gasteiger partial charge is 0.453 e. The van der Waals surface area contributed by atoms with Crippen molar-refractivity contribution in [2.45, 2.75) is 38.5 Å². The van der Waals surface area contributed by atoms with Crippen LogP contribution in [0.1, 0.15) is 49.9 Å². The summed E-state index contributed by atoms with van der Waals surface area (Å²) in [6, 6.07) is 62.0. The first-order valence-electron chi connectivity index (χ1n) is 19.3. The number of fused-ring (bicyclic) bond motifs is 9. The summed E-state index contributed by atoms with van der Waals surface area (Å²) in [5.41, 5.74) is 16.5. The van der Waals surface area contributed by atoms with Gasteiger partial charge in [-0.05, 0) is 92.4 Å². The van der Waals surface area contributed by atoms with Gasteiger partial charge in [-0.15, -0.1) is 0 Å². The number of rotatable bonds is 4. The van der Waals surface area contributed by atoms with Gasteiger partial charge in [0.15, 0.2) is 11.5 Å². The summed E-state index contributed by atoms with van der Waals surface area (Å²) in [6.45, 7) is 9.43. The summed E-state index contributed by atoms with van der Waals surface area (Å²) in [4.78, 5) is 4.90. The molecule has 0 saturated carbocycles. The van der Waals surface area contributed by atoms with Gasteiger partial charge in [0.25, 0.3) is 0 Å². The van der Waals surface area contributed by atoms with Crippen molar-refractivity contribution in [3.8, 4) is 33.8 Å². The average Bonchev–Trinajstić information content (AvgIpc) is 3.45. The molecular formula is C52H40N2O. The van der Waals surface area contributed by atoms with Crippen LogP contribution in [0.5, 0.6) is 11.5 Å². The Morgan fingerprint density at radius 2 is 1.11 bits per heavy atom. The van der Waals surface area contributed by atoms with Gasteiger partial charge in [-0.25, -0.2) is 0 Å². The highest BCUT2D eigenvalue weighted by Gasteiger charge is 2.43. The van der Waals surface area contributed by atoms with Crippen molar-refractivity contribution < 1.29 is 4.74 Å². The molecule has 0 spiro atoms. The molecule has 0 saturated heterocycles. The van der Waals surface area contributed by atoms with Crippen LogP contribution in [0.2, 0.25) is 0 Å². The maximum absolute atomic E-state index is 7.08. The number of hydrogen-bond acceptors (Lipinski definition) is 3. The zero-order chi connectivity index (χ0) is 37.1. The highest BCUT2D eigenvalue weighted by atomic mass is 16.5. The lowest BCUT2D eigenvalue weighted by molar-refractivity contribution is 0.472. The zero-order valence-electron chi connectivity index (χ0n) is 31.5. The van der Waals surface area contributed by atoms with Gasteiger partial charge in [0.1, 0.15) is 0 Å². The Labute approximate surface area is 322 Å². The summed E-state index contributed by atoms with van der Waals surface area (Å²) in [5.74, 6) is 1.72. The first-order chi connectivity index (χ1) is 26.8. The van der Waals surface area contributed by atoms with E-state index in [1.54, 1.807) is 0 Å². The minimum absolute atomic E-state index is 0.136.